The number of rotatable bonds is 8. The third-order valence-corrected chi connectivity index (χ3v) is 4.29. The lowest BCUT2D eigenvalue weighted by Crippen LogP contribution is -2.30. The maximum Gasteiger partial charge on any atom is 0.339 e. The van der Waals surface area contributed by atoms with E-state index in [4.69, 9.17) is 18.9 Å². The molecule has 0 bridgehead atoms. The summed E-state index contributed by atoms with van der Waals surface area (Å²) in [5.41, 5.74) is 0.704. The summed E-state index contributed by atoms with van der Waals surface area (Å²) in [5, 5.41) is 13.4. The third kappa shape index (κ3) is 4.96. The molecule has 0 unspecified atom stereocenters. The highest BCUT2D eigenvalue weighted by atomic mass is 16.6. The zero-order valence-corrected chi connectivity index (χ0v) is 17.2. The van der Waals surface area contributed by atoms with Gasteiger partial charge in [0.1, 0.15) is 17.2 Å². The Hall–Kier alpha value is -3.82. The van der Waals surface area contributed by atoms with Gasteiger partial charge in [-0.15, -0.1) is 0 Å². The second-order valence-electron chi connectivity index (χ2n) is 6.18. The van der Waals surface area contributed by atoms with Crippen molar-refractivity contribution in [1.82, 2.24) is 0 Å². The number of methoxy groups -OCH3 is 3. The standard InChI is InChI=1S/C20H22N2O8/c1-11-17(28-4)8-13(9-18(11)29-5)20(24)30-12(2)19(23)21-15-10-14(22(25)26)6-7-16(15)27-3/h6-10,12H,1-5H3,(H,21,23)/t12-/m0/s1. The summed E-state index contributed by atoms with van der Waals surface area (Å²) in [5.74, 6) is -0.367. The Labute approximate surface area is 172 Å². The van der Waals surface area contributed by atoms with Gasteiger partial charge in [0, 0.05) is 17.7 Å². The Morgan fingerprint density at radius 2 is 1.57 bits per heavy atom. The Kier molecular flexibility index (Phi) is 7.18. The van der Waals surface area contributed by atoms with Crippen LogP contribution >= 0.6 is 0 Å². The number of ether oxygens (including phenoxy) is 4. The van der Waals surface area contributed by atoms with Gasteiger partial charge in [-0.25, -0.2) is 4.79 Å². The topological polar surface area (TPSA) is 126 Å². The highest BCUT2D eigenvalue weighted by molar-refractivity contribution is 5.98. The first-order chi connectivity index (χ1) is 14.2. The molecule has 2 aromatic rings. The van der Waals surface area contributed by atoms with Gasteiger partial charge in [0.25, 0.3) is 11.6 Å². The molecular weight excluding hydrogens is 396 g/mol. The summed E-state index contributed by atoms with van der Waals surface area (Å²) >= 11 is 0. The van der Waals surface area contributed by atoms with E-state index in [0.717, 1.165) is 6.07 Å². The van der Waals surface area contributed by atoms with Gasteiger partial charge in [0.15, 0.2) is 6.10 Å². The van der Waals surface area contributed by atoms with E-state index in [1.807, 2.05) is 0 Å². The average molecular weight is 418 g/mol. The fraction of sp³-hybridized carbons (Fsp3) is 0.300. The number of carbonyl (C=O) groups excluding carboxylic acids is 2. The summed E-state index contributed by atoms with van der Waals surface area (Å²) in [7, 11) is 4.28. The van der Waals surface area contributed by atoms with Crippen molar-refractivity contribution in [2.45, 2.75) is 20.0 Å². The Morgan fingerprint density at radius 3 is 2.07 bits per heavy atom. The second-order valence-corrected chi connectivity index (χ2v) is 6.18. The monoisotopic (exact) mass is 418 g/mol. The van der Waals surface area contributed by atoms with E-state index >= 15 is 0 Å². The fourth-order valence-corrected chi connectivity index (χ4v) is 2.63. The van der Waals surface area contributed by atoms with Gasteiger partial charge in [-0.2, -0.15) is 0 Å². The van der Waals surface area contributed by atoms with Gasteiger partial charge in [0.2, 0.25) is 0 Å². The summed E-state index contributed by atoms with van der Waals surface area (Å²) in [4.78, 5) is 35.3. The molecule has 0 aliphatic carbocycles. The van der Waals surface area contributed by atoms with Gasteiger partial charge in [-0.3, -0.25) is 14.9 Å². The number of nitrogens with one attached hydrogen (secondary N) is 1. The van der Waals surface area contributed by atoms with Crippen molar-refractivity contribution >= 4 is 23.3 Å². The summed E-state index contributed by atoms with van der Waals surface area (Å²) in [6.45, 7) is 3.15. The van der Waals surface area contributed by atoms with Crippen LogP contribution in [0.15, 0.2) is 30.3 Å². The zero-order chi connectivity index (χ0) is 22.4. The zero-order valence-electron chi connectivity index (χ0n) is 17.2. The van der Waals surface area contributed by atoms with Crippen molar-refractivity contribution in [3.63, 3.8) is 0 Å². The molecule has 0 aromatic heterocycles. The summed E-state index contributed by atoms with van der Waals surface area (Å²) < 4.78 is 20.8. The lowest BCUT2D eigenvalue weighted by atomic mass is 10.1. The first-order valence-electron chi connectivity index (χ1n) is 8.78. The van der Waals surface area contributed by atoms with Crippen LogP contribution in [0, 0.1) is 17.0 Å². The van der Waals surface area contributed by atoms with Gasteiger partial charge in [-0.1, -0.05) is 0 Å². The largest absolute Gasteiger partial charge is 0.496 e. The molecule has 0 aliphatic rings. The molecular formula is C20H22N2O8. The van der Waals surface area contributed by atoms with Crippen LogP contribution in [-0.4, -0.2) is 44.2 Å². The summed E-state index contributed by atoms with van der Waals surface area (Å²) in [6.07, 6.45) is -1.19. The van der Waals surface area contributed by atoms with E-state index in [2.05, 4.69) is 5.32 Å². The summed E-state index contributed by atoms with van der Waals surface area (Å²) in [6, 6.07) is 6.72. The van der Waals surface area contributed by atoms with Gasteiger partial charge < -0.3 is 24.3 Å². The number of anilines is 1. The van der Waals surface area contributed by atoms with Crippen LogP contribution in [0.25, 0.3) is 0 Å². The number of nitro groups is 1. The van der Waals surface area contributed by atoms with E-state index in [0.29, 0.717) is 17.1 Å². The Bertz CT molecular complexity index is 948. The van der Waals surface area contributed by atoms with Crippen molar-refractivity contribution in [3.05, 3.63) is 51.6 Å². The number of amides is 1. The van der Waals surface area contributed by atoms with Crippen molar-refractivity contribution in [1.29, 1.82) is 0 Å². The van der Waals surface area contributed by atoms with E-state index in [1.165, 1.54) is 52.5 Å². The molecule has 10 nitrogen and oxygen atoms in total. The van der Waals surface area contributed by atoms with Gasteiger partial charge in [-0.05, 0) is 32.0 Å². The highest BCUT2D eigenvalue weighted by Gasteiger charge is 2.23. The third-order valence-electron chi connectivity index (χ3n) is 4.29. The van der Waals surface area contributed by atoms with Crippen LogP contribution < -0.4 is 19.5 Å². The van der Waals surface area contributed by atoms with Crippen molar-refractivity contribution in [3.8, 4) is 17.2 Å². The average Bonchev–Trinajstić information content (AvgIpc) is 2.73. The minimum absolute atomic E-state index is 0.0817. The SMILES string of the molecule is COc1ccc([N+](=O)[O-])cc1NC(=O)[C@H](C)OC(=O)c1cc(OC)c(C)c(OC)c1. The van der Waals surface area contributed by atoms with E-state index in [1.54, 1.807) is 6.92 Å². The molecule has 0 spiro atoms. The molecule has 160 valence electrons. The maximum atomic E-state index is 12.5. The minimum Gasteiger partial charge on any atom is -0.496 e. The number of hydrogen-bond donors (Lipinski definition) is 1. The molecule has 1 amide bonds. The molecule has 0 heterocycles. The van der Waals surface area contributed by atoms with Gasteiger partial charge >= 0.3 is 5.97 Å². The van der Waals surface area contributed by atoms with Crippen LogP contribution in [-0.2, 0) is 9.53 Å². The van der Waals surface area contributed by atoms with Crippen LogP contribution in [0.5, 0.6) is 17.2 Å². The van der Waals surface area contributed by atoms with Crippen LogP contribution in [0.4, 0.5) is 11.4 Å². The molecule has 0 radical (unpaired) electrons. The predicted molar refractivity (Wildman–Crippen MR) is 107 cm³/mol. The van der Waals surface area contributed by atoms with Crippen LogP contribution in [0.2, 0.25) is 0 Å². The van der Waals surface area contributed by atoms with Gasteiger partial charge in [0.05, 0.1) is 37.5 Å². The number of benzene rings is 2. The molecule has 2 aromatic carbocycles. The van der Waals surface area contributed by atoms with Crippen LogP contribution in [0.3, 0.4) is 0 Å². The maximum absolute atomic E-state index is 12.5. The predicted octanol–water partition coefficient (Wildman–Crippen LogP) is 3.11. The number of esters is 1. The molecule has 2 rings (SSSR count). The Balaban J connectivity index is 2.17. The van der Waals surface area contributed by atoms with Crippen molar-refractivity contribution in [2.75, 3.05) is 26.6 Å². The van der Waals surface area contributed by atoms with Crippen molar-refractivity contribution in [2.24, 2.45) is 0 Å². The van der Waals surface area contributed by atoms with Crippen LogP contribution in [0.1, 0.15) is 22.8 Å². The number of non-ortho nitro benzene ring substituents is 1. The molecule has 30 heavy (non-hydrogen) atoms. The number of nitrogens with zero attached hydrogens (tertiary/aromatic N) is 1. The van der Waals surface area contributed by atoms with E-state index in [9.17, 15) is 19.7 Å². The molecule has 0 saturated carbocycles. The molecule has 1 N–H and O–H groups in total. The van der Waals surface area contributed by atoms with E-state index in [-0.39, 0.29) is 22.7 Å². The normalized spacial score (nSPS) is 11.2. The lowest BCUT2D eigenvalue weighted by molar-refractivity contribution is -0.384. The number of carbonyl (C=O) groups is 2. The Morgan fingerprint density at radius 1 is 1.00 bits per heavy atom. The fourth-order valence-electron chi connectivity index (χ4n) is 2.63. The van der Waals surface area contributed by atoms with Crippen molar-refractivity contribution < 1.29 is 33.5 Å². The minimum atomic E-state index is -1.19. The molecule has 10 heteroatoms. The molecule has 1 atom stereocenters. The molecule has 0 fully saturated rings. The second kappa shape index (κ2) is 9.59. The number of hydrogen-bond acceptors (Lipinski definition) is 8. The highest BCUT2D eigenvalue weighted by Crippen LogP contribution is 2.31. The molecule has 0 saturated heterocycles. The quantitative estimate of drug-likeness (QED) is 0.394. The first kappa shape index (κ1) is 22.5. The first-order valence-corrected chi connectivity index (χ1v) is 8.78. The molecule has 0 aliphatic heterocycles. The number of nitro benzene ring substituents is 1. The van der Waals surface area contributed by atoms with E-state index < -0.39 is 22.9 Å². The lowest BCUT2D eigenvalue weighted by Gasteiger charge is -2.16. The smallest absolute Gasteiger partial charge is 0.339 e.